The molecule has 6 heterocycles. The number of hydrogen-bond donors (Lipinski definition) is 1. The van der Waals surface area contributed by atoms with E-state index in [9.17, 15) is 4.79 Å². The Labute approximate surface area is 268 Å². The number of thiophene rings is 1. The van der Waals surface area contributed by atoms with Crippen molar-refractivity contribution in [3.63, 3.8) is 0 Å². The molecule has 4 aliphatic heterocycles. The number of H-pyrrole nitrogens is 1. The van der Waals surface area contributed by atoms with Crippen molar-refractivity contribution in [3.8, 4) is 11.3 Å². The van der Waals surface area contributed by atoms with Crippen LogP contribution in [0.15, 0.2) is 24.3 Å². The van der Waals surface area contributed by atoms with Crippen LogP contribution in [-0.4, -0.2) is 102 Å². The van der Waals surface area contributed by atoms with Crippen LogP contribution in [0.4, 0.5) is 0 Å². The Kier molecular flexibility index (Phi) is 8.45. The number of nitrogens with one attached hydrogen (secondary N) is 1. The van der Waals surface area contributed by atoms with Gasteiger partial charge in [-0.3, -0.25) is 4.79 Å². The third kappa shape index (κ3) is 5.90. The number of benzene rings is 1. The first kappa shape index (κ1) is 30.5. The average Bonchev–Trinajstić information content (AvgIpc) is 3.78. The van der Waals surface area contributed by atoms with Crippen LogP contribution in [0.2, 0.25) is 0 Å². The fourth-order valence-corrected chi connectivity index (χ4v) is 9.90. The van der Waals surface area contributed by atoms with Gasteiger partial charge in [-0.25, -0.2) is 0 Å². The molecule has 0 spiro atoms. The molecule has 6 nitrogen and oxygen atoms in total. The van der Waals surface area contributed by atoms with Crippen molar-refractivity contribution in [3.05, 3.63) is 45.8 Å². The summed E-state index contributed by atoms with van der Waals surface area (Å²) in [7, 11) is 2.26. The molecule has 4 saturated heterocycles. The first-order chi connectivity index (χ1) is 21.2. The summed E-state index contributed by atoms with van der Waals surface area (Å²) < 4.78 is 0. The maximum Gasteiger partial charge on any atom is 0.233 e. The summed E-state index contributed by atoms with van der Waals surface area (Å²) in [5, 5.41) is 1.32. The van der Waals surface area contributed by atoms with Crippen LogP contribution in [0.3, 0.4) is 0 Å². The maximum atomic E-state index is 14.0. The van der Waals surface area contributed by atoms with Gasteiger partial charge in [0.05, 0.1) is 11.1 Å². The van der Waals surface area contributed by atoms with Crippen LogP contribution in [-0.2, 0) is 16.6 Å². The summed E-state index contributed by atoms with van der Waals surface area (Å²) in [6.07, 6.45) is 8.48. The summed E-state index contributed by atoms with van der Waals surface area (Å²) in [6.45, 7) is 18.3. The molecule has 2 bridgehead atoms. The van der Waals surface area contributed by atoms with Gasteiger partial charge in [-0.05, 0) is 128 Å². The number of piperazine rings is 1. The van der Waals surface area contributed by atoms with Crippen LogP contribution >= 0.6 is 11.3 Å². The summed E-state index contributed by atoms with van der Waals surface area (Å²) in [5.41, 5.74) is 6.08. The van der Waals surface area contributed by atoms with E-state index in [1.54, 1.807) is 11.3 Å². The quantitative estimate of drug-likeness (QED) is 0.317. The Morgan fingerprint density at radius 2 is 1.48 bits per heavy atom. The fourth-order valence-electron chi connectivity index (χ4n) is 8.71. The molecule has 0 aliphatic carbocycles. The van der Waals surface area contributed by atoms with E-state index in [1.165, 1.54) is 114 Å². The minimum Gasteiger partial charge on any atom is -0.346 e. The molecule has 7 rings (SSSR count). The molecule has 0 radical (unpaired) electrons. The predicted molar refractivity (Wildman–Crippen MR) is 184 cm³/mol. The van der Waals surface area contributed by atoms with Crippen molar-refractivity contribution >= 4 is 27.5 Å². The number of rotatable bonds is 8. The lowest BCUT2D eigenvalue weighted by Crippen LogP contribution is -2.49. The van der Waals surface area contributed by atoms with Gasteiger partial charge in [-0.2, -0.15) is 0 Å². The number of amides is 1. The zero-order valence-electron chi connectivity index (χ0n) is 27.8. The Bertz CT molecular complexity index is 1450. The smallest absolute Gasteiger partial charge is 0.233 e. The monoisotopic (exact) mass is 615 g/mol. The van der Waals surface area contributed by atoms with Crippen molar-refractivity contribution < 1.29 is 4.79 Å². The average molecular weight is 616 g/mol. The number of hydrogen-bond acceptors (Lipinski definition) is 5. The number of likely N-dealkylation sites (tertiary alicyclic amines) is 1. The molecule has 1 amide bonds. The number of fused-ring (bicyclic) bond motifs is 3. The van der Waals surface area contributed by atoms with Gasteiger partial charge in [0, 0.05) is 61.6 Å². The van der Waals surface area contributed by atoms with Crippen molar-refractivity contribution in [2.24, 2.45) is 5.92 Å². The van der Waals surface area contributed by atoms with E-state index in [2.05, 4.69) is 83.6 Å². The van der Waals surface area contributed by atoms with Gasteiger partial charge in [0.25, 0.3) is 0 Å². The lowest BCUT2D eigenvalue weighted by molar-refractivity contribution is -0.137. The molecule has 1 N–H and O–H groups in total. The number of nitrogens with zero attached hydrogens (tertiary/aromatic N) is 4. The van der Waals surface area contributed by atoms with E-state index < -0.39 is 5.41 Å². The molecular weight excluding hydrogens is 563 g/mol. The lowest BCUT2D eigenvalue weighted by Gasteiger charge is -2.38. The van der Waals surface area contributed by atoms with E-state index in [0.29, 0.717) is 18.0 Å². The van der Waals surface area contributed by atoms with Crippen molar-refractivity contribution in [1.82, 2.24) is 24.6 Å². The van der Waals surface area contributed by atoms with Gasteiger partial charge in [-0.1, -0.05) is 17.2 Å². The van der Waals surface area contributed by atoms with Gasteiger partial charge >= 0.3 is 0 Å². The molecule has 0 saturated carbocycles. The Morgan fingerprint density at radius 3 is 2.11 bits per heavy atom. The zero-order valence-corrected chi connectivity index (χ0v) is 28.6. The van der Waals surface area contributed by atoms with E-state index in [0.717, 1.165) is 32.0 Å². The highest BCUT2D eigenvalue weighted by atomic mass is 32.1. The van der Waals surface area contributed by atoms with Gasteiger partial charge in [0.15, 0.2) is 0 Å². The number of carbonyl (C=O) groups is 1. The zero-order chi connectivity index (χ0) is 30.6. The second kappa shape index (κ2) is 12.2. The van der Waals surface area contributed by atoms with Crippen molar-refractivity contribution in [1.29, 1.82) is 0 Å². The summed E-state index contributed by atoms with van der Waals surface area (Å²) in [4.78, 5) is 30.4. The minimum atomic E-state index is -0.503. The number of aromatic nitrogens is 1. The molecule has 1 aromatic carbocycles. The molecule has 3 aromatic rings. The van der Waals surface area contributed by atoms with Gasteiger partial charge in [-0.15, -0.1) is 11.3 Å². The minimum absolute atomic E-state index is 0.334. The Balaban J connectivity index is 1.10. The van der Waals surface area contributed by atoms with E-state index in [1.807, 2.05) is 0 Å². The largest absolute Gasteiger partial charge is 0.346 e. The molecule has 4 fully saturated rings. The molecule has 0 atom stereocenters. The Hall–Kier alpha value is -2.19. The van der Waals surface area contributed by atoms with Crippen molar-refractivity contribution in [2.75, 3.05) is 59.4 Å². The predicted octanol–water partition coefficient (Wildman–Crippen LogP) is 6.45. The first-order valence-electron chi connectivity index (χ1n) is 17.4. The summed E-state index contributed by atoms with van der Waals surface area (Å²) in [5.74, 6) is 1.20. The highest BCUT2D eigenvalue weighted by Gasteiger charge is 2.47. The second-order valence-corrected chi connectivity index (χ2v) is 16.2. The highest BCUT2D eigenvalue weighted by molar-refractivity contribution is 7.19. The molecule has 7 heteroatoms. The van der Waals surface area contributed by atoms with E-state index >= 15 is 0 Å². The number of piperidine rings is 1. The molecular formula is C37H53N5OS. The molecule has 44 heavy (non-hydrogen) atoms. The van der Waals surface area contributed by atoms with Gasteiger partial charge in [0.2, 0.25) is 5.91 Å². The van der Waals surface area contributed by atoms with Crippen LogP contribution in [0, 0.1) is 19.8 Å². The summed E-state index contributed by atoms with van der Waals surface area (Å²) >= 11 is 1.80. The van der Waals surface area contributed by atoms with Crippen LogP contribution < -0.4 is 0 Å². The maximum absolute atomic E-state index is 14.0. The number of aryl methyl sites for hydroxylation is 2. The lowest BCUT2D eigenvalue weighted by atomic mass is 9.88. The topological polar surface area (TPSA) is 45.8 Å². The first-order valence-corrected chi connectivity index (χ1v) is 18.2. The van der Waals surface area contributed by atoms with Crippen LogP contribution in [0.25, 0.3) is 21.5 Å². The molecule has 2 aromatic heterocycles. The molecule has 238 valence electrons. The third-order valence-corrected chi connectivity index (χ3v) is 12.8. The van der Waals surface area contributed by atoms with E-state index in [4.69, 9.17) is 0 Å². The highest BCUT2D eigenvalue weighted by Crippen LogP contribution is 2.44. The van der Waals surface area contributed by atoms with Gasteiger partial charge in [0.1, 0.15) is 4.83 Å². The Morgan fingerprint density at radius 1 is 0.864 bits per heavy atom. The third-order valence-electron chi connectivity index (χ3n) is 11.4. The van der Waals surface area contributed by atoms with Crippen LogP contribution in [0.1, 0.15) is 73.9 Å². The molecule has 4 aliphatic rings. The van der Waals surface area contributed by atoms with Crippen LogP contribution in [0.5, 0.6) is 0 Å². The fraction of sp³-hybridized carbons (Fsp3) is 0.649. The normalized spacial score (nSPS) is 24.2. The SMILES string of the molecule is Cc1cc(C)cc(-c2[nH]c3sc(C(C)(C)C(=O)N4C5CCC4CC5)cc3c2CCN2CCN(CC3CCN(C)CC3)CC2)c1. The second-order valence-electron chi connectivity index (χ2n) is 15.1. The van der Waals surface area contributed by atoms with Gasteiger partial charge < -0.3 is 24.6 Å². The standard InChI is InChI=1S/C37H53N5OS/c1-25-20-26(2)22-28(21-25)34-31(12-15-40-16-18-41(19-17-40)24-27-10-13-39(5)14-11-27)32-23-33(44-35(32)38-34)37(3,4)36(43)42-29-6-7-30(42)9-8-29/h20-23,27,29-30,38H,6-19,24H2,1-5H3. The molecule has 0 unspecified atom stereocenters. The number of aromatic amines is 1. The number of carbonyl (C=O) groups excluding carboxylic acids is 1. The summed E-state index contributed by atoms with van der Waals surface area (Å²) in [6, 6.07) is 10.2. The van der Waals surface area contributed by atoms with Crippen molar-refractivity contribution in [2.45, 2.75) is 90.1 Å². The van der Waals surface area contributed by atoms with E-state index in [-0.39, 0.29) is 0 Å².